The average Bonchev–Trinajstić information content (AvgIpc) is 2.81. The molecule has 0 amide bonds. The summed E-state index contributed by atoms with van der Waals surface area (Å²) < 4.78 is 17.0. The van der Waals surface area contributed by atoms with Gasteiger partial charge in [-0.15, -0.1) is 11.8 Å². The Balaban J connectivity index is 3.87. The molecule has 0 aromatic heterocycles. The van der Waals surface area contributed by atoms with Gasteiger partial charge in [0.1, 0.15) is 5.76 Å². The maximum absolute atomic E-state index is 13.0. The highest BCUT2D eigenvalue weighted by molar-refractivity contribution is 6.77. The van der Waals surface area contributed by atoms with Gasteiger partial charge in [-0.1, -0.05) is 78.0 Å². The minimum atomic E-state index is -2.41. The molecule has 0 aliphatic heterocycles. The van der Waals surface area contributed by atoms with Gasteiger partial charge in [-0.05, 0) is 41.3 Å². The second-order valence-electron chi connectivity index (χ2n) is 9.27. The SMILES string of the molecule is CC#CCC(/C=C(/C=C/c1ccccc1)O[Si](C(C)C)(C(C)C)C(C)C)(C(=O)OC)C(=O)OC. The van der Waals surface area contributed by atoms with Crippen LogP contribution < -0.4 is 0 Å². The second kappa shape index (κ2) is 13.2. The molecule has 0 aliphatic rings. The van der Waals surface area contributed by atoms with E-state index in [1.54, 1.807) is 13.0 Å². The van der Waals surface area contributed by atoms with E-state index in [0.717, 1.165) is 5.56 Å². The third-order valence-electron chi connectivity index (χ3n) is 6.27. The van der Waals surface area contributed by atoms with Crippen molar-refractivity contribution in [3.63, 3.8) is 0 Å². The largest absolute Gasteiger partial charge is 0.543 e. The summed E-state index contributed by atoms with van der Waals surface area (Å²) in [6.07, 6.45) is 5.21. The minimum Gasteiger partial charge on any atom is -0.543 e. The molecule has 0 radical (unpaired) electrons. The monoisotopic (exact) mass is 484 g/mol. The number of hydrogen-bond donors (Lipinski definition) is 0. The van der Waals surface area contributed by atoms with Crippen molar-refractivity contribution in [1.82, 2.24) is 0 Å². The van der Waals surface area contributed by atoms with Gasteiger partial charge in [-0.2, -0.15) is 0 Å². The molecule has 0 aliphatic carbocycles. The summed E-state index contributed by atoms with van der Waals surface area (Å²) in [6, 6.07) is 9.79. The molecule has 0 fully saturated rings. The van der Waals surface area contributed by atoms with Crippen LogP contribution in [0.15, 0.2) is 48.2 Å². The third-order valence-corrected chi connectivity index (χ3v) is 12.3. The van der Waals surface area contributed by atoms with Gasteiger partial charge in [0.25, 0.3) is 8.32 Å². The number of ether oxygens (including phenoxy) is 2. The third kappa shape index (κ3) is 6.63. The maximum Gasteiger partial charge on any atom is 0.328 e. The molecule has 0 unspecified atom stereocenters. The van der Waals surface area contributed by atoms with E-state index >= 15 is 0 Å². The predicted octanol–water partition coefficient (Wildman–Crippen LogP) is 6.52. The van der Waals surface area contributed by atoms with Crippen LogP contribution in [-0.2, 0) is 23.5 Å². The van der Waals surface area contributed by atoms with Gasteiger partial charge < -0.3 is 13.9 Å². The van der Waals surface area contributed by atoms with Crippen molar-refractivity contribution in [1.29, 1.82) is 0 Å². The van der Waals surface area contributed by atoms with Crippen LogP contribution in [0.5, 0.6) is 0 Å². The standard InChI is InChI=1S/C28H40O5Si/c1-10-11-19-28(26(29)31-8,27(30)32-9)20-25(18-17-24-15-13-12-14-16-24)33-34(21(2)3,22(4)5)23(6)7/h12-18,20-23H,19H2,1-9H3/b18-17+,25-20-. The first kappa shape index (κ1) is 29.2. The van der Waals surface area contributed by atoms with Crippen LogP contribution in [0.1, 0.15) is 60.5 Å². The zero-order chi connectivity index (χ0) is 25.9. The van der Waals surface area contributed by atoms with E-state index < -0.39 is 25.7 Å². The van der Waals surface area contributed by atoms with E-state index in [9.17, 15) is 9.59 Å². The Morgan fingerprint density at radius 1 is 0.941 bits per heavy atom. The fraction of sp³-hybridized carbons (Fsp3) is 0.500. The van der Waals surface area contributed by atoms with E-state index in [-0.39, 0.29) is 6.42 Å². The lowest BCUT2D eigenvalue weighted by Gasteiger charge is -2.43. The molecule has 0 bridgehead atoms. The fourth-order valence-corrected chi connectivity index (χ4v) is 9.89. The van der Waals surface area contributed by atoms with Crippen LogP contribution >= 0.6 is 0 Å². The van der Waals surface area contributed by atoms with E-state index in [1.807, 2.05) is 42.5 Å². The van der Waals surface area contributed by atoms with Gasteiger partial charge in [0.15, 0.2) is 5.41 Å². The lowest BCUT2D eigenvalue weighted by atomic mass is 9.83. The number of benzene rings is 1. The first-order chi connectivity index (χ1) is 16.0. The van der Waals surface area contributed by atoms with E-state index in [4.69, 9.17) is 13.9 Å². The average molecular weight is 485 g/mol. The molecule has 1 aromatic carbocycles. The van der Waals surface area contributed by atoms with Crippen LogP contribution in [0.25, 0.3) is 6.08 Å². The van der Waals surface area contributed by atoms with Gasteiger partial charge in [-0.25, -0.2) is 0 Å². The van der Waals surface area contributed by atoms with Crippen molar-refractivity contribution in [2.75, 3.05) is 14.2 Å². The highest BCUT2D eigenvalue weighted by Crippen LogP contribution is 2.44. The molecule has 1 aromatic rings. The van der Waals surface area contributed by atoms with Crippen LogP contribution in [0.3, 0.4) is 0 Å². The van der Waals surface area contributed by atoms with Gasteiger partial charge in [-0.3, -0.25) is 9.59 Å². The lowest BCUT2D eigenvalue weighted by molar-refractivity contribution is -0.164. The highest BCUT2D eigenvalue weighted by atomic mass is 28.4. The lowest BCUT2D eigenvalue weighted by Crippen LogP contribution is -2.48. The number of esters is 2. The first-order valence-electron chi connectivity index (χ1n) is 11.7. The number of carbonyl (C=O) groups excluding carboxylic acids is 2. The fourth-order valence-electron chi connectivity index (χ4n) is 4.64. The first-order valence-corrected chi connectivity index (χ1v) is 13.9. The molecule has 34 heavy (non-hydrogen) atoms. The summed E-state index contributed by atoms with van der Waals surface area (Å²) in [6.45, 7) is 14.7. The molecule has 0 heterocycles. The molecular formula is C28H40O5Si. The second-order valence-corrected chi connectivity index (χ2v) is 14.6. The van der Waals surface area contributed by atoms with E-state index in [1.165, 1.54) is 14.2 Å². The normalized spacial score (nSPS) is 12.6. The minimum absolute atomic E-state index is 0.0749. The van der Waals surface area contributed by atoms with Crippen LogP contribution in [-0.4, -0.2) is 34.5 Å². The van der Waals surface area contributed by atoms with E-state index in [2.05, 4.69) is 53.4 Å². The zero-order valence-corrected chi connectivity index (χ0v) is 23.1. The quantitative estimate of drug-likeness (QED) is 0.0893. The smallest absolute Gasteiger partial charge is 0.328 e. The Morgan fingerprint density at radius 2 is 1.44 bits per heavy atom. The molecule has 0 atom stereocenters. The number of hydrogen-bond acceptors (Lipinski definition) is 5. The summed E-state index contributed by atoms with van der Waals surface area (Å²) in [5.74, 6) is 4.61. The van der Waals surface area contributed by atoms with Crippen molar-refractivity contribution in [2.45, 2.75) is 71.5 Å². The molecule has 0 saturated heterocycles. The Morgan fingerprint density at radius 3 is 1.85 bits per heavy atom. The molecule has 0 saturated carbocycles. The summed E-state index contributed by atoms with van der Waals surface area (Å²) >= 11 is 0. The van der Waals surface area contributed by atoms with Gasteiger partial charge in [0.05, 0.1) is 14.2 Å². The number of carbonyl (C=O) groups is 2. The molecule has 186 valence electrons. The Hall–Kier alpha value is -2.78. The molecule has 5 nitrogen and oxygen atoms in total. The molecular weight excluding hydrogens is 444 g/mol. The van der Waals surface area contributed by atoms with Crippen molar-refractivity contribution in [2.24, 2.45) is 5.41 Å². The Kier molecular flexibility index (Phi) is 11.3. The van der Waals surface area contributed by atoms with Gasteiger partial charge >= 0.3 is 11.9 Å². The predicted molar refractivity (Wildman–Crippen MR) is 140 cm³/mol. The Labute approximate surface area is 206 Å². The Bertz CT molecular complexity index is 895. The molecule has 0 N–H and O–H groups in total. The highest BCUT2D eigenvalue weighted by Gasteiger charge is 2.50. The summed E-state index contributed by atoms with van der Waals surface area (Å²) in [5.41, 5.74) is 0.109. The molecule has 0 spiro atoms. The van der Waals surface area contributed by atoms with Crippen LogP contribution in [0, 0.1) is 17.3 Å². The van der Waals surface area contributed by atoms with Crippen LogP contribution in [0.4, 0.5) is 0 Å². The summed E-state index contributed by atoms with van der Waals surface area (Å²) in [5, 5.41) is 0. The number of methoxy groups -OCH3 is 2. The number of rotatable bonds is 11. The summed E-state index contributed by atoms with van der Waals surface area (Å²) in [7, 11) is 0.0963. The topological polar surface area (TPSA) is 61.8 Å². The number of allylic oxidation sites excluding steroid dienone is 1. The zero-order valence-electron chi connectivity index (χ0n) is 22.1. The van der Waals surface area contributed by atoms with Crippen molar-refractivity contribution in [3.05, 3.63) is 53.8 Å². The van der Waals surface area contributed by atoms with Crippen LogP contribution in [0.2, 0.25) is 16.6 Å². The van der Waals surface area contributed by atoms with Gasteiger partial charge in [0, 0.05) is 6.42 Å². The maximum atomic E-state index is 13.0. The van der Waals surface area contributed by atoms with Crippen molar-refractivity contribution >= 4 is 26.3 Å². The van der Waals surface area contributed by atoms with Crippen molar-refractivity contribution < 1.29 is 23.5 Å². The summed E-state index contributed by atoms with van der Waals surface area (Å²) in [4.78, 5) is 26.0. The van der Waals surface area contributed by atoms with Gasteiger partial charge in [0.2, 0.25) is 0 Å². The van der Waals surface area contributed by atoms with E-state index in [0.29, 0.717) is 22.4 Å². The molecule has 1 rings (SSSR count). The van der Waals surface area contributed by atoms with Crippen molar-refractivity contribution in [3.8, 4) is 11.8 Å². The molecule has 6 heteroatoms.